The van der Waals surface area contributed by atoms with Crippen LogP contribution in [0.1, 0.15) is 33.6 Å². The van der Waals surface area contributed by atoms with Gasteiger partial charge in [-0.15, -0.1) is 0 Å². The topological polar surface area (TPSA) is 113 Å². The molecule has 1 aliphatic rings. The summed E-state index contributed by atoms with van der Waals surface area (Å²) in [6, 6.07) is 2.82. The molecule has 0 aliphatic heterocycles. The van der Waals surface area contributed by atoms with Crippen LogP contribution >= 0.6 is 0 Å². The maximum Gasteiger partial charge on any atom is 0.416 e. The molecule has 4 atom stereocenters. The fourth-order valence-electron chi connectivity index (χ4n) is 3.81. The first-order valence-electron chi connectivity index (χ1n) is 10.2. The second kappa shape index (κ2) is 9.11. The van der Waals surface area contributed by atoms with E-state index >= 15 is 0 Å². The molecule has 34 heavy (non-hydrogen) atoms. The van der Waals surface area contributed by atoms with Crippen molar-refractivity contribution in [1.82, 2.24) is 19.7 Å². The average molecular weight is 478 g/mol. The van der Waals surface area contributed by atoms with E-state index in [1.807, 2.05) is 0 Å². The molecule has 1 fully saturated rings. The smallest absolute Gasteiger partial charge is 0.390 e. The fourth-order valence-corrected chi connectivity index (χ4v) is 3.81. The van der Waals surface area contributed by atoms with E-state index in [0.717, 1.165) is 10.7 Å². The van der Waals surface area contributed by atoms with Gasteiger partial charge in [-0.05, 0) is 43.5 Å². The molecular weight excluding hydrogens is 458 g/mol. The first-order valence-corrected chi connectivity index (χ1v) is 10.2. The highest BCUT2D eigenvalue weighted by atomic mass is 19.4. The summed E-state index contributed by atoms with van der Waals surface area (Å²) in [5, 5.41) is 27.1. The summed E-state index contributed by atoms with van der Waals surface area (Å²) in [6.45, 7) is 3.45. The first kappa shape index (κ1) is 23.8. The normalized spacial score (nSPS) is 22.7. The van der Waals surface area contributed by atoms with E-state index in [4.69, 9.17) is 0 Å². The van der Waals surface area contributed by atoms with Crippen LogP contribution in [0.4, 0.5) is 23.4 Å². The molecule has 4 rings (SSSR count). The van der Waals surface area contributed by atoms with E-state index in [9.17, 15) is 32.6 Å². The number of aliphatic hydroxyl groups excluding tert-OH is 2. The summed E-state index contributed by atoms with van der Waals surface area (Å²) in [7, 11) is 0. The quantitative estimate of drug-likeness (QED) is 0.369. The summed E-state index contributed by atoms with van der Waals surface area (Å²) in [5.41, 5.74) is -1.26. The number of hydrogen-bond acceptors (Lipinski definition) is 7. The number of anilines is 1. The standard InChI is InChI=1S/C22H20F4N5O3/c1-11-6-17(20(34)18(11)32)29-21-14(8-27-10-28-21)19(33)16-4-5-31(30-16)9-12-7-13(22(24,25)26)2-3-15(12)23/h2-5,7-8,10-11,17-18,20,32,34H,1,6,9H2,(H,27,28,29)/t11-,17-,18-,20+/m1/s1. The Kier molecular flexibility index (Phi) is 6.36. The molecule has 3 aromatic rings. The van der Waals surface area contributed by atoms with Gasteiger partial charge in [-0.25, -0.2) is 14.4 Å². The molecule has 2 heterocycles. The maximum atomic E-state index is 14.1. The minimum atomic E-state index is -4.62. The molecule has 1 radical (unpaired) electrons. The number of halogens is 4. The van der Waals surface area contributed by atoms with E-state index in [1.54, 1.807) is 0 Å². The van der Waals surface area contributed by atoms with Gasteiger partial charge in [0.15, 0.2) is 0 Å². The Bertz CT molecular complexity index is 1200. The molecule has 0 amide bonds. The third kappa shape index (κ3) is 4.77. The van der Waals surface area contributed by atoms with Crippen LogP contribution in [0.15, 0.2) is 43.0 Å². The van der Waals surface area contributed by atoms with Crippen molar-refractivity contribution >= 4 is 11.6 Å². The zero-order valence-electron chi connectivity index (χ0n) is 17.6. The van der Waals surface area contributed by atoms with Gasteiger partial charge in [0.1, 0.15) is 29.8 Å². The monoisotopic (exact) mass is 478 g/mol. The highest BCUT2D eigenvalue weighted by Gasteiger charge is 2.39. The first-order chi connectivity index (χ1) is 16.0. The van der Waals surface area contributed by atoms with Crippen LogP contribution in [-0.4, -0.2) is 54.0 Å². The molecule has 1 saturated carbocycles. The lowest BCUT2D eigenvalue weighted by molar-refractivity contribution is -0.137. The van der Waals surface area contributed by atoms with Crippen LogP contribution in [0.5, 0.6) is 0 Å². The molecule has 8 nitrogen and oxygen atoms in total. The fraction of sp³-hybridized carbons (Fsp3) is 0.318. The van der Waals surface area contributed by atoms with E-state index < -0.39 is 47.5 Å². The second-order valence-corrected chi connectivity index (χ2v) is 8.04. The van der Waals surface area contributed by atoms with Crippen LogP contribution in [-0.2, 0) is 12.7 Å². The van der Waals surface area contributed by atoms with E-state index in [2.05, 4.69) is 27.3 Å². The summed E-state index contributed by atoms with van der Waals surface area (Å²) >= 11 is 0. The van der Waals surface area contributed by atoms with Crippen LogP contribution in [0, 0.1) is 18.7 Å². The largest absolute Gasteiger partial charge is 0.416 e. The van der Waals surface area contributed by atoms with Crippen molar-refractivity contribution in [2.24, 2.45) is 5.92 Å². The number of nitrogens with one attached hydrogen (secondary N) is 1. The highest BCUT2D eigenvalue weighted by Crippen LogP contribution is 2.31. The van der Waals surface area contributed by atoms with Crippen molar-refractivity contribution in [2.75, 3.05) is 5.32 Å². The average Bonchev–Trinajstić information content (AvgIpc) is 3.35. The lowest BCUT2D eigenvalue weighted by Crippen LogP contribution is -2.35. The zero-order valence-corrected chi connectivity index (χ0v) is 17.6. The Balaban J connectivity index is 1.54. The Morgan fingerprint density at radius 2 is 2.00 bits per heavy atom. The number of carbonyl (C=O) groups is 1. The van der Waals surface area contributed by atoms with Gasteiger partial charge in [0, 0.05) is 18.0 Å². The van der Waals surface area contributed by atoms with Gasteiger partial charge in [0.2, 0.25) is 5.78 Å². The number of ketones is 1. The van der Waals surface area contributed by atoms with Gasteiger partial charge in [-0.3, -0.25) is 9.48 Å². The number of hydrogen-bond donors (Lipinski definition) is 3. The molecule has 179 valence electrons. The van der Waals surface area contributed by atoms with E-state index in [1.165, 1.54) is 24.8 Å². The Morgan fingerprint density at radius 3 is 2.68 bits per heavy atom. The van der Waals surface area contributed by atoms with Crippen molar-refractivity contribution < 1.29 is 32.6 Å². The lowest BCUT2D eigenvalue weighted by atomic mass is 10.1. The third-order valence-electron chi connectivity index (χ3n) is 5.66. The highest BCUT2D eigenvalue weighted by molar-refractivity contribution is 6.10. The van der Waals surface area contributed by atoms with E-state index in [-0.39, 0.29) is 29.2 Å². The number of nitrogens with zero attached hydrogens (tertiary/aromatic N) is 4. The van der Waals surface area contributed by atoms with Gasteiger partial charge < -0.3 is 15.5 Å². The predicted molar refractivity (Wildman–Crippen MR) is 111 cm³/mol. The molecule has 1 aromatic carbocycles. The molecule has 0 bridgehead atoms. The molecule has 3 N–H and O–H groups in total. The minimum Gasteiger partial charge on any atom is -0.390 e. The Labute approximate surface area is 191 Å². The SMILES string of the molecule is [CH2][C@@H]1C[C@@H](Nc2ncncc2C(=O)c2ccn(Cc3cc(C(F)(F)F)ccc3F)n2)[C@H](O)[C@@H]1O. The van der Waals surface area contributed by atoms with Crippen molar-refractivity contribution in [3.05, 3.63) is 78.1 Å². The Hall–Kier alpha value is -3.38. The van der Waals surface area contributed by atoms with Gasteiger partial charge >= 0.3 is 6.18 Å². The minimum absolute atomic E-state index is 0.0344. The van der Waals surface area contributed by atoms with Crippen molar-refractivity contribution in [3.8, 4) is 0 Å². The molecule has 0 saturated heterocycles. The van der Waals surface area contributed by atoms with Crippen LogP contribution in [0.25, 0.3) is 0 Å². The summed E-state index contributed by atoms with van der Waals surface area (Å²) in [6.07, 6.45) is -2.62. The number of carbonyl (C=O) groups excluding carboxylic acids is 1. The van der Waals surface area contributed by atoms with Crippen LogP contribution < -0.4 is 5.32 Å². The number of rotatable bonds is 6. The van der Waals surface area contributed by atoms with Crippen molar-refractivity contribution in [2.45, 2.75) is 37.4 Å². The molecule has 1 aliphatic carbocycles. The van der Waals surface area contributed by atoms with Gasteiger partial charge in [0.25, 0.3) is 0 Å². The lowest BCUT2D eigenvalue weighted by Gasteiger charge is -2.19. The summed E-state index contributed by atoms with van der Waals surface area (Å²) < 4.78 is 54.0. The Morgan fingerprint density at radius 1 is 1.24 bits per heavy atom. The summed E-state index contributed by atoms with van der Waals surface area (Å²) in [4.78, 5) is 20.9. The number of benzene rings is 1. The molecule has 0 unspecified atom stereocenters. The molecule has 2 aromatic heterocycles. The predicted octanol–water partition coefficient (Wildman–Crippen LogP) is 2.47. The molecule has 12 heteroatoms. The number of aliphatic hydroxyl groups is 2. The number of alkyl halides is 3. The van der Waals surface area contributed by atoms with Crippen LogP contribution in [0.3, 0.4) is 0 Å². The van der Waals surface area contributed by atoms with Crippen LogP contribution in [0.2, 0.25) is 0 Å². The van der Waals surface area contributed by atoms with Gasteiger partial charge in [-0.1, -0.05) is 0 Å². The summed E-state index contributed by atoms with van der Waals surface area (Å²) in [5.74, 6) is -1.71. The van der Waals surface area contributed by atoms with Gasteiger partial charge in [-0.2, -0.15) is 18.3 Å². The maximum absolute atomic E-state index is 14.1. The zero-order chi connectivity index (χ0) is 24.6. The third-order valence-corrected chi connectivity index (χ3v) is 5.66. The molecular formula is C22H20F4N5O3. The van der Waals surface area contributed by atoms with Crippen molar-refractivity contribution in [3.63, 3.8) is 0 Å². The molecule has 0 spiro atoms. The van der Waals surface area contributed by atoms with Gasteiger partial charge in [0.05, 0.1) is 29.8 Å². The number of aromatic nitrogens is 4. The van der Waals surface area contributed by atoms with Crippen molar-refractivity contribution in [1.29, 1.82) is 0 Å². The second-order valence-electron chi connectivity index (χ2n) is 8.04. The van der Waals surface area contributed by atoms with E-state index in [0.29, 0.717) is 18.6 Å².